The van der Waals surface area contributed by atoms with E-state index < -0.39 is 0 Å². The molecule has 2 fully saturated rings. The van der Waals surface area contributed by atoms with Crippen LogP contribution in [0.5, 0.6) is 0 Å². The second-order valence-electron chi connectivity index (χ2n) is 9.45. The number of nitrogens with one attached hydrogen (secondary N) is 2. The molecule has 1 aromatic heterocycles. The van der Waals surface area contributed by atoms with Crippen LogP contribution in [0.25, 0.3) is 10.9 Å². The summed E-state index contributed by atoms with van der Waals surface area (Å²) in [5.41, 5.74) is 4.83. The van der Waals surface area contributed by atoms with Crippen molar-refractivity contribution in [3.63, 3.8) is 0 Å². The normalized spacial score (nSPS) is 22.0. The number of hydrogen-bond acceptors (Lipinski definition) is 4. The van der Waals surface area contributed by atoms with E-state index in [0.717, 1.165) is 85.2 Å². The number of H-pyrrole nitrogens is 1. The molecule has 3 aromatic rings. The number of aryl methyl sites for hydroxylation is 1. The largest absolute Gasteiger partial charge is 0.392 e. The molecule has 6 heteroatoms. The maximum absolute atomic E-state index is 13.1. The highest BCUT2D eigenvalue weighted by Gasteiger charge is 2.28. The molecule has 0 unspecified atom stereocenters. The number of ether oxygens (including phenoxy) is 1. The summed E-state index contributed by atoms with van der Waals surface area (Å²) in [7, 11) is 0. The summed E-state index contributed by atoms with van der Waals surface area (Å²) in [5, 5.41) is 8.96. The molecule has 1 amide bonds. The number of carbonyl (C=O) groups excluding carboxylic acids is 1. The number of rotatable bonds is 6. The summed E-state index contributed by atoms with van der Waals surface area (Å²) < 4.78 is 5.44. The predicted molar refractivity (Wildman–Crippen MR) is 134 cm³/mol. The van der Waals surface area contributed by atoms with Crippen LogP contribution in [-0.2, 0) is 9.57 Å². The smallest absolute Gasteiger partial charge is 0.253 e. The topological polar surface area (TPSA) is 75.7 Å². The Bertz CT molecular complexity index is 1140. The van der Waals surface area contributed by atoms with Gasteiger partial charge in [0.2, 0.25) is 0 Å². The summed E-state index contributed by atoms with van der Waals surface area (Å²) in [6, 6.07) is 18.5. The van der Waals surface area contributed by atoms with Crippen LogP contribution in [0.2, 0.25) is 0 Å². The van der Waals surface area contributed by atoms with E-state index in [-0.39, 0.29) is 18.1 Å². The van der Waals surface area contributed by atoms with Crippen LogP contribution in [0.15, 0.2) is 59.8 Å². The average molecular weight is 460 g/mol. The van der Waals surface area contributed by atoms with Crippen molar-refractivity contribution in [2.75, 3.05) is 13.2 Å². The van der Waals surface area contributed by atoms with Gasteiger partial charge in [-0.2, -0.15) is 0 Å². The molecular weight excluding hydrogens is 426 g/mol. The Kier molecular flexibility index (Phi) is 6.95. The molecule has 1 saturated heterocycles. The molecule has 34 heavy (non-hydrogen) atoms. The van der Waals surface area contributed by atoms with Crippen LogP contribution in [0.4, 0.5) is 0 Å². The first-order valence-corrected chi connectivity index (χ1v) is 12.4. The summed E-state index contributed by atoms with van der Waals surface area (Å²) >= 11 is 0. The zero-order chi connectivity index (χ0) is 23.3. The van der Waals surface area contributed by atoms with Crippen molar-refractivity contribution in [2.45, 2.75) is 57.6 Å². The minimum Gasteiger partial charge on any atom is -0.392 e. The lowest BCUT2D eigenvalue weighted by Gasteiger charge is -2.30. The van der Waals surface area contributed by atoms with Crippen molar-refractivity contribution in [2.24, 2.45) is 11.1 Å². The molecule has 2 heterocycles. The quantitative estimate of drug-likeness (QED) is 0.385. The maximum atomic E-state index is 13.1. The molecule has 2 N–H and O–H groups in total. The minimum atomic E-state index is 0.0122. The summed E-state index contributed by atoms with van der Waals surface area (Å²) in [5.74, 6) is 0.336. The van der Waals surface area contributed by atoms with Crippen molar-refractivity contribution in [3.8, 4) is 0 Å². The molecule has 1 aliphatic carbocycles. The first kappa shape index (κ1) is 22.7. The number of amides is 1. The highest BCUT2D eigenvalue weighted by Crippen LogP contribution is 2.30. The van der Waals surface area contributed by atoms with Gasteiger partial charge in [-0.05, 0) is 44.2 Å². The first-order chi connectivity index (χ1) is 16.7. The molecule has 2 aromatic carbocycles. The Morgan fingerprint density at radius 3 is 2.44 bits per heavy atom. The second-order valence-corrected chi connectivity index (χ2v) is 9.45. The monoisotopic (exact) mass is 459 g/mol. The number of hydrogen-bond donors (Lipinski definition) is 2. The highest BCUT2D eigenvalue weighted by molar-refractivity contribution is 6.08. The summed E-state index contributed by atoms with van der Waals surface area (Å²) in [6.45, 7) is 3.44. The standard InChI is InChI=1S/C28H33N3O3/c1-19-26(24-9-5-6-10-25(24)29-19)28(32)30-22-13-11-21(12-14-22)27(20-7-3-2-4-8-20)31-34-23-15-17-33-18-16-23/h2-10,21-23,29H,11-18H2,1H3,(H,30,32)/b31-27-/t21-,22-. The first-order valence-electron chi connectivity index (χ1n) is 12.4. The summed E-state index contributed by atoms with van der Waals surface area (Å²) in [4.78, 5) is 22.4. The zero-order valence-corrected chi connectivity index (χ0v) is 19.8. The maximum Gasteiger partial charge on any atom is 0.253 e. The van der Waals surface area contributed by atoms with Gasteiger partial charge in [-0.1, -0.05) is 53.7 Å². The van der Waals surface area contributed by atoms with Crippen molar-refractivity contribution in [3.05, 3.63) is 71.4 Å². The lowest BCUT2D eigenvalue weighted by atomic mass is 9.81. The number of nitrogens with zero attached hydrogens (tertiary/aromatic N) is 1. The molecular formula is C28H33N3O3. The number of benzene rings is 2. The number of fused-ring (bicyclic) bond motifs is 1. The fraction of sp³-hybridized carbons (Fsp3) is 0.429. The van der Waals surface area contributed by atoms with Gasteiger partial charge in [0.15, 0.2) is 0 Å². The van der Waals surface area contributed by atoms with Gasteiger partial charge in [0.1, 0.15) is 6.10 Å². The molecule has 178 valence electrons. The van der Waals surface area contributed by atoms with Crippen molar-refractivity contribution < 1.29 is 14.4 Å². The Hall–Kier alpha value is -3.12. The van der Waals surface area contributed by atoms with Crippen molar-refractivity contribution in [1.29, 1.82) is 0 Å². The fourth-order valence-electron chi connectivity index (χ4n) is 5.22. The third-order valence-corrected chi connectivity index (χ3v) is 7.11. The molecule has 2 aliphatic rings. The van der Waals surface area contributed by atoms with Gasteiger partial charge in [-0.15, -0.1) is 0 Å². The molecule has 0 atom stereocenters. The Morgan fingerprint density at radius 1 is 0.971 bits per heavy atom. The van der Waals surface area contributed by atoms with Crippen LogP contribution in [0, 0.1) is 12.8 Å². The van der Waals surface area contributed by atoms with Crippen molar-refractivity contribution >= 4 is 22.5 Å². The molecule has 6 nitrogen and oxygen atoms in total. The third kappa shape index (κ3) is 5.02. The van der Waals surface area contributed by atoms with Crippen LogP contribution < -0.4 is 5.32 Å². The molecule has 0 radical (unpaired) electrons. The molecule has 1 aliphatic heterocycles. The van der Waals surface area contributed by atoms with Gasteiger partial charge < -0.3 is 19.9 Å². The average Bonchev–Trinajstić information content (AvgIpc) is 3.22. The van der Waals surface area contributed by atoms with E-state index in [2.05, 4.69) is 39.7 Å². The van der Waals surface area contributed by atoms with Gasteiger partial charge in [0, 0.05) is 41.4 Å². The van der Waals surface area contributed by atoms with E-state index in [1.54, 1.807) is 0 Å². The van der Waals surface area contributed by atoms with E-state index >= 15 is 0 Å². The number of aromatic amines is 1. The highest BCUT2D eigenvalue weighted by atomic mass is 16.6. The van der Waals surface area contributed by atoms with Gasteiger partial charge in [-0.3, -0.25) is 4.79 Å². The number of carbonyl (C=O) groups is 1. The third-order valence-electron chi connectivity index (χ3n) is 7.11. The van der Waals surface area contributed by atoms with E-state index in [9.17, 15) is 4.79 Å². The van der Waals surface area contributed by atoms with Crippen LogP contribution >= 0.6 is 0 Å². The van der Waals surface area contributed by atoms with Crippen LogP contribution in [-0.4, -0.2) is 42.0 Å². The summed E-state index contributed by atoms with van der Waals surface area (Å²) in [6.07, 6.45) is 5.71. The van der Waals surface area contributed by atoms with E-state index in [1.165, 1.54) is 0 Å². The van der Waals surface area contributed by atoms with Gasteiger partial charge in [-0.25, -0.2) is 0 Å². The predicted octanol–water partition coefficient (Wildman–Crippen LogP) is 5.36. The lowest BCUT2D eigenvalue weighted by molar-refractivity contribution is -0.0304. The van der Waals surface area contributed by atoms with Gasteiger partial charge in [0.25, 0.3) is 5.91 Å². The Morgan fingerprint density at radius 2 is 1.68 bits per heavy atom. The van der Waals surface area contributed by atoms with Gasteiger partial charge in [0.05, 0.1) is 24.5 Å². The van der Waals surface area contributed by atoms with E-state index in [4.69, 9.17) is 9.57 Å². The number of oxime groups is 1. The van der Waals surface area contributed by atoms with E-state index in [0.29, 0.717) is 5.92 Å². The second kappa shape index (κ2) is 10.4. The lowest BCUT2D eigenvalue weighted by Crippen LogP contribution is -2.39. The number of para-hydroxylation sites is 1. The van der Waals surface area contributed by atoms with Crippen LogP contribution in [0.1, 0.15) is 60.1 Å². The van der Waals surface area contributed by atoms with Gasteiger partial charge >= 0.3 is 0 Å². The molecule has 5 rings (SSSR count). The molecule has 0 spiro atoms. The molecule has 0 bridgehead atoms. The van der Waals surface area contributed by atoms with Crippen LogP contribution in [0.3, 0.4) is 0 Å². The van der Waals surface area contributed by atoms with Crippen molar-refractivity contribution in [1.82, 2.24) is 10.3 Å². The Balaban J connectivity index is 1.25. The van der Waals surface area contributed by atoms with E-state index in [1.807, 2.05) is 37.3 Å². The molecule has 1 saturated carbocycles. The fourth-order valence-corrected chi connectivity index (χ4v) is 5.22. The minimum absolute atomic E-state index is 0.0122. The Labute approximate surface area is 200 Å². The zero-order valence-electron chi connectivity index (χ0n) is 19.8. The number of aromatic nitrogens is 1. The SMILES string of the molecule is Cc1[nH]c2ccccc2c1C(=O)N[C@H]1CC[C@H](/C(=N\OC2CCOCC2)c2ccccc2)CC1.